The van der Waals surface area contributed by atoms with Gasteiger partial charge in [0, 0.05) is 25.5 Å². The molecule has 6 nitrogen and oxygen atoms in total. The molecule has 21 heavy (non-hydrogen) atoms. The molecule has 1 aliphatic heterocycles. The van der Waals surface area contributed by atoms with Gasteiger partial charge in [0.25, 0.3) is 0 Å². The summed E-state index contributed by atoms with van der Waals surface area (Å²) in [5, 5.41) is 14.1. The van der Waals surface area contributed by atoms with E-state index in [0.717, 1.165) is 42.8 Å². The van der Waals surface area contributed by atoms with Gasteiger partial charge in [0.2, 0.25) is 0 Å². The first-order valence-electron chi connectivity index (χ1n) is 7.39. The minimum absolute atomic E-state index is 0.237. The molecule has 1 saturated carbocycles. The van der Waals surface area contributed by atoms with Gasteiger partial charge < -0.3 is 10.0 Å². The van der Waals surface area contributed by atoms with E-state index < -0.39 is 11.4 Å². The van der Waals surface area contributed by atoms with Gasteiger partial charge in [-0.3, -0.25) is 4.79 Å². The number of fused-ring (bicyclic) bond motifs is 2. The van der Waals surface area contributed by atoms with Crippen molar-refractivity contribution in [3.63, 3.8) is 0 Å². The minimum Gasteiger partial charge on any atom is -0.481 e. The molecule has 0 spiro atoms. The highest BCUT2D eigenvalue weighted by Gasteiger charge is 2.55. The summed E-state index contributed by atoms with van der Waals surface area (Å²) >= 11 is 0. The molecule has 2 aliphatic rings. The fraction of sp³-hybridized carbons (Fsp3) is 0.533. The van der Waals surface area contributed by atoms with Crippen molar-refractivity contribution in [1.29, 1.82) is 0 Å². The number of anilines is 1. The van der Waals surface area contributed by atoms with E-state index in [1.807, 2.05) is 23.7 Å². The zero-order valence-corrected chi connectivity index (χ0v) is 12.0. The lowest BCUT2D eigenvalue weighted by Crippen LogP contribution is -2.35. The van der Waals surface area contributed by atoms with Crippen LogP contribution in [0.5, 0.6) is 0 Å². The number of aryl methyl sites for hydroxylation is 1. The van der Waals surface area contributed by atoms with Crippen LogP contribution in [-0.4, -0.2) is 38.8 Å². The fourth-order valence-electron chi connectivity index (χ4n) is 4.07. The van der Waals surface area contributed by atoms with Crippen LogP contribution in [0.4, 0.5) is 5.82 Å². The second-order valence-corrected chi connectivity index (χ2v) is 6.30. The van der Waals surface area contributed by atoms with Crippen LogP contribution >= 0.6 is 0 Å². The van der Waals surface area contributed by atoms with Crippen LogP contribution in [-0.2, 0) is 4.79 Å². The quantitative estimate of drug-likeness (QED) is 0.910. The lowest BCUT2D eigenvalue weighted by atomic mass is 9.81. The zero-order valence-electron chi connectivity index (χ0n) is 12.0. The lowest BCUT2D eigenvalue weighted by molar-refractivity contribution is -0.149. The average molecular weight is 286 g/mol. The molecule has 2 aromatic rings. The predicted octanol–water partition coefficient (Wildman–Crippen LogP) is 1.73. The Hall–Kier alpha value is -2.11. The molecular weight excluding hydrogens is 268 g/mol. The molecule has 0 bridgehead atoms. The summed E-state index contributed by atoms with van der Waals surface area (Å²) in [6, 6.07) is 2.00. The molecule has 4 rings (SSSR count). The molecule has 0 radical (unpaired) electrons. The van der Waals surface area contributed by atoms with Gasteiger partial charge >= 0.3 is 5.97 Å². The van der Waals surface area contributed by atoms with Gasteiger partial charge in [-0.1, -0.05) is 6.42 Å². The van der Waals surface area contributed by atoms with E-state index in [1.165, 1.54) is 0 Å². The summed E-state index contributed by atoms with van der Waals surface area (Å²) in [5.41, 5.74) is 1.32. The Bertz CT molecular complexity index is 726. The highest BCUT2D eigenvalue weighted by atomic mass is 16.4. The maximum atomic E-state index is 11.8. The van der Waals surface area contributed by atoms with E-state index in [4.69, 9.17) is 0 Å². The number of aromatic nitrogens is 3. The Labute approximate surface area is 122 Å². The largest absolute Gasteiger partial charge is 0.481 e. The Morgan fingerprint density at radius 3 is 3.14 bits per heavy atom. The first-order chi connectivity index (χ1) is 10.1. The third-order valence-corrected chi connectivity index (χ3v) is 5.09. The standard InChI is InChI=1S/C15H18N4O2/c1-10-7-12-13(16-5-6-19(12)17-10)18-8-11-3-2-4-15(11,9-18)14(20)21/h5-7,11H,2-4,8-9H2,1H3,(H,20,21)/t11-,15+/m0/s1. The molecule has 1 aliphatic carbocycles. The van der Waals surface area contributed by atoms with Crippen LogP contribution in [0.3, 0.4) is 0 Å². The van der Waals surface area contributed by atoms with Gasteiger partial charge in [0.1, 0.15) is 5.52 Å². The number of rotatable bonds is 2. The number of aliphatic carboxylic acids is 1. The van der Waals surface area contributed by atoms with Crippen molar-refractivity contribution in [2.45, 2.75) is 26.2 Å². The van der Waals surface area contributed by atoms with E-state index >= 15 is 0 Å². The second-order valence-electron chi connectivity index (χ2n) is 6.30. The smallest absolute Gasteiger partial charge is 0.311 e. The van der Waals surface area contributed by atoms with Gasteiger partial charge in [0.15, 0.2) is 5.82 Å². The summed E-state index contributed by atoms with van der Waals surface area (Å²) in [6.45, 7) is 3.29. The van der Waals surface area contributed by atoms with Gasteiger partial charge in [-0.05, 0) is 31.7 Å². The normalized spacial score (nSPS) is 28.2. The van der Waals surface area contributed by atoms with E-state index in [9.17, 15) is 9.90 Å². The Morgan fingerprint density at radius 1 is 1.52 bits per heavy atom. The van der Waals surface area contributed by atoms with E-state index in [-0.39, 0.29) is 5.92 Å². The molecule has 2 atom stereocenters. The maximum Gasteiger partial charge on any atom is 0.311 e. The number of carboxylic acids is 1. The van der Waals surface area contributed by atoms with E-state index in [2.05, 4.69) is 15.0 Å². The molecule has 0 amide bonds. The SMILES string of the molecule is Cc1cc2c(N3C[C@@H]4CCC[C@@]4(C(=O)O)C3)nccn2n1. The molecule has 0 aromatic carbocycles. The number of carboxylic acid groups (broad SMARTS) is 1. The van der Waals surface area contributed by atoms with Crippen molar-refractivity contribution >= 4 is 17.3 Å². The van der Waals surface area contributed by atoms with Crippen molar-refractivity contribution in [3.8, 4) is 0 Å². The maximum absolute atomic E-state index is 11.8. The summed E-state index contributed by atoms with van der Waals surface area (Å²) < 4.78 is 1.82. The van der Waals surface area contributed by atoms with Crippen LogP contribution in [0, 0.1) is 18.3 Å². The van der Waals surface area contributed by atoms with Gasteiger partial charge in [-0.2, -0.15) is 5.10 Å². The predicted molar refractivity (Wildman–Crippen MR) is 77.3 cm³/mol. The van der Waals surface area contributed by atoms with Gasteiger partial charge in [-0.25, -0.2) is 9.50 Å². The monoisotopic (exact) mass is 286 g/mol. The molecule has 6 heteroatoms. The number of hydrogen-bond donors (Lipinski definition) is 1. The first kappa shape index (κ1) is 12.6. The van der Waals surface area contributed by atoms with Crippen LogP contribution in [0.15, 0.2) is 18.5 Å². The highest BCUT2D eigenvalue weighted by molar-refractivity contribution is 5.79. The summed E-state index contributed by atoms with van der Waals surface area (Å²) in [4.78, 5) is 18.4. The summed E-state index contributed by atoms with van der Waals surface area (Å²) in [7, 11) is 0. The second kappa shape index (κ2) is 4.19. The minimum atomic E-state index is -0.649. The summed E-state index contributed by atoms with van der Waals surface area (Å²) in [5.74, 6) is 0.443. The highest BCUT2D eigenvalue weighted by Crippen LogP contribution is 2.49. The molecule has 0 unspecified atom stereocenters. The topological polar surface area (TPSA) is 70.7 Å². The number of nitrogens with zero attached hydrogens (tertiary/aromatic N) is 4. The van der Waals surface area contributed by atoms with Gasteiger partial charge in [-0.15, -0.1) is 0 Å². The molecular formula is C15H18N4O2. The van der Waals surface area contributed by atoms with Crippen LogP contribution < -0.4 is 4.90 Å². The third kappa shape index (κ3) is 1.68. The van der Waals surface area contributed by atoms with Crippen LogP contribution in [0.1, 0.15) is 25.0 Å². The molecule has 3 heterocycles. The van der Waals surface area contributed by atoms with Crippen molar-refractivity contribution in [3.05, 3.63) is 24.2 Å². The molecule has 1 N–H and O–H groups in total. The van der Waals surface area contributed by atoms with Crippen molar-refractivity contribution in [2.24, 2.45) is 11.3 Å². The third-order valence-electron chi connectivity index (χ3n) is 5.09. The molecule has 2 aromatic heterocycles. The molecule has 1 saturated heterocycles. The number of hydrogen-bond acceptors (Lipinski definition) is 4. The first-order valence-corrected chi connectivity index (χ1v) is 7.39. The van der Waals surface area contributed by atoms with Gasteiger partial charge in [0.05, 0.1) is 11.1 Å². The Balaban J connectivity index is 1.76. The Morgan fingerprint density at radius 2 is 2.38 bits per heavy atom. The molecule has 2 fully saturated rings. The van der Waals surface area contributed by atoms with Crippen LogP contribution in [0.2, 0.25) is 0 Å². The van der Waals surface area contributed by atoms with E-state index in [1.54, 1.807) is 6.20 Å². The molecule has 110 valence electrons. The summed E-state index contributed by atoms with van der Waals surface area (Å²) in [6.07, 6.45) is 6.37. The fourth-order valence-corrected chi connectivity index (χ4v) is 4.07. The zero-order chi connectivity index (χ0) is 14.6. The van der Waals surface area contributed by atoms with Crippen molar-refractivity contribution in [2.75, 3.05) is 18.0 Å². The average Bonchev–Trinajstić information content (AvgIpc) is 3.07. The van der Waals surface area contributed by atoms with E-state index in [0.29, 0.717) is 6.54 Å². The van der Waals surface area contributed by atoms with Crippen molar-refractivity contribution < 1.29 is 9.90 Å². The Kier molecular flexibility index (Phi) is 2.52. The van der Waals surface area contributed by atoms with Crippen molar-refractivity contribution in [1.82, 2.24) is 14.6 Å². The van der Waals surface area contributed by atoms with Crippen LogP contribution in [0.25, 0.3) is 5.52 Å². The lowest BCUT2D eigenvalue weighted by Gasteiger charge is -2.23. The number of carbonyl (C=O) groups is 1.